The topological polar surface area (TPSA) is 94.2 Å². The predicted octanol–water partition coefficient (Wildman–Crippen LogP) is 2.18. The van der Waals surface area contributed by atoms with Gasteiger partial charge in [-0.15, -0.1) is 5.10 Å². The molecule has 0 saturated heterocycles. The van der Waals surface area contributed by atoms with Gasteiger partial charge in [-0.2, -0.15) is 0 Å². The molecule has 29 heavy (non-hydrogen) atoms. The second-order valence-corrected chi connectivity index (χ2v) is 6.23. The predicted molar refractivity (Wildman–Crippen MR) is 100 cm³/mol. The molecule has 0 unspecified atom stereocenters. The lowest BCUT2D eigenvalue weighted by Crippen LogP contribution is -2.29. The van der Waals surface area contributed by atoms with Crippen molar-refractivity contribution in [3.63, 3.8) is 0 Å². The Morgan fingerprint density at radius 1 is 1.14 bits per heavy atom. The Morgan fingerprint density at radius 3 is 2.66 bits per heavy atom. The van der Waals surface area contributed by atoms with E-state index in [9.17, 15) is 18.4 Å². The first-order chi connectivity index (χ1) is 13.9. The highest BCUT2D eigenvalue weighted by Gasteiger charge is 2.16. The smallest absolute Gasteiger partial charge is 0.322 e. The number of aryl methyl sites for hydroxylation is 1. The van der Waals surface area contributed by atoms with Crippen molar-refractivity contribution in [2.24, 2.45) is 0 Å². The summed E-state index contributed by atoms with van der Waals surface area (Å²) in [5.41, 5.74) is 0.817. The third-order valence-corrected chi connectivity index (χ3v) is 4.21. The van der Waals surface area contributed by atoms with Crippen LogP contribution in [-0.2, 0) is 11.3 Å². The molecule has 10 heteroatoms. The standard InChI is InChI=1S/C19H14F2N6O2/c1-11-23-15(12-4-6-22-7-5-12)9-17-25-26(19(29)27(11)17)10-18(28)24-16-8-13(20)2-3-14(16)21/h2-9H,10H2,1H3,(H,24,28). The molecule has 1 N–H and O–H groups in total. The van der Waals surface area contributed by atoms with E-state index >= 15 is 0 Å². The Hall–Kier alpha value is -3.95. The summed E-state index contributed by atoms with van der Waals surface area (Å²) < 4.78 is 29.1. The van der Waals surface area contributed by atoms with Gasteiger partial charge in [0.2, 0.25) is 5.91 Å². The zero-order valence-electron chi connectivity index (χ0n) is 15.1. The highest BCUT2D eigenvalue weighted by atomic mass is 19.1. The molecule has 0 radical (unpaired) electrons. The van der Waals surface area contributed by atoms with E-state index in [0.29, 0.717) is 17.2 Å². The fraction of sp³-hybridized carbons (Fsp3) is 0.105. The number of carbonyl (C=O) groups excluding carboxylic acids is 1. The second kappa shape index (κ2) is 7.23. The van der Waals surface area contributed by atoms with Crippen molar-refractivity contribution in [1.82, 2.24) is 24.1 Å². The lowest BCUT2D eigenvalue weighted by Gasteiger charge is -2.05. The molecule has 8 nitrogen and oxygen atoms in total. The van der Waals surface area contributed by atoms with Crippen molar-refractivity contribution in [2.75, 3.05) is 5.32 Å². The zero-order chi connectivity index (χ0) is 20.5. The second-order valence-electron chi connectivity index (χ2n) is 6.23. The van der Waals surface area contributed by atoms with Crippen molar-refractivity contribution in [1.29, 1.82) is 0 Å². The van der Waals surface area contributed by atoms with Crippen LogP contribution in [0.15, 0.2) is 53.6 Å². The molecule has 0 bridgehead atoms. The number of aromatic nitrogens is 5. The molecular formula is C19H14F2N6O2. The molecule has 0 saturated carbocycles. The number of benzene rings is 1. The monoisotopic (exact) mass is 396 g/mol. The molecule has 3 heterocycles. The minimum absolute atomic E-state index is 0.305. The maximum absolute atomic E-state index is 13.7. The van der Waals surface area contributed by atoms with Gasteiger partial charge >= 0.3 is 5.69 Å². The molecule has 4 aromatic rings. The van der Waals surface area contributed by atoms with Crippen LogP contribution < -0.4 is 11.0 Å². The van der Waals surface area contributed by atoms with E-state index in [1.807, 2.05) is 0 Å². The van der Waals surface area contributed by atoms with Crippen molar-refractivity contribution in [3.8, 4) is 11.3 Å². The first kappa shape index (κ1) is 18.4. The van der Waals surface area contributed by atoms with E-state index in [-0.39, 0.29) is 5.69 Å². The van der Waals surface area contributed by atoms with Crippen LogP contribution in [0.3, 0.4) is 0 Å². The van der Waals surface area contributed by atoms with Crippen molar-refractivity contribution in [2.45, 2.75) is 13.5 Å². The largest absolute Gasteiger partial charge is 0.352 e. The summed E-state index contributed by atoms with van der Waals surface area (Å²) >= 11 is 0. The number of hydrogen-bond donors (Lipinski definition) is 1. The van der Waals surface area contributed by atoms with Crippen molar-refractivity contribution < 1.29 is 13.6 Å². The number of rotatable bonds is 4. The molecule has 1 aromatic carbocycles. The summed E-state index contributed by atoms with van der Waals surface area (Å²) in [7, 11) is 0. The summed E-state index contributed by atoms with van der Waals surface area (Å²) in [6, 6.07) is 7.85. The quantitative estimate of drug-likeness (QED) is 0.571. The molecule has 3 aromatic heterocycles. The number of hydrogen-bond acceptors (Lipinski definition) is 5. The lowest BCUT2D eigenvalue weighted by atomic mass is 10.2. The lowest BCUT2D eigenvalue weighted by molar-refractivity contribution is -0.117. The first-order valence-electron chi connectivity index (χ1n) is 8.55. The molecule has 0 aliphatic rings. The number of fused-ring (bicyclic) bond motifs is 1. The Balaban J connectivity index is 1.65. The van der Waals surface area contributed by atoms with Gasteiger partial charge in [-0.05, 0) is 31.2 Å². The summed E-state index contributed by atoms with van der Waals surface area (Å²) in [6.07, 6.45) is 3.24. The molecule has 0 atom stereocenters. The number of pyridine rings is 1. The van der Waals surface area contributed by atoms with E-state index < -0.39 is 29.8 Å². The van der Waals surface area contributed by atoms with Gasteiger partial charge in [0.15, 0.2) is 5.65 Å². The average Bonchev–Trinajstić information content (AvgIpc) is 3.01. The molecule has 4 rings (SSSR count). The minimum Gasteiger partial charge on any atom is -0.322 e. The van der Waals surface area contributed by atoms with Crippen LogP contribution in [0.25, 0.3) is 16.9 Å². The van der Waals surface area contributed by atoms with Gasteiger partial charge in [0.1, 0.15) is 24.0 Å². The van der Waals surface area contributed by atoms with Crippen LogP contribution >= 0.6 is 0 Å². The van der Waals surface area contributed by atoms with Crippen LogP contribution in [0, 0.1) is 18.6 Å². The van der Waals surface area contributed by atoms with Crippen LogP contribution in [0.5, 0.6) is 0 Å². The molecule has 1 amide bonds. The van der Waals surface area contributed by atoms with Crippen LogP contribution in [0.2, 0.25) is 0 Å². The molecular weight excluding hydrogens is 382 g/mol. The summed E-state index contributed by atoms with van der Waals surface area (Å²) in [6.45, 7) is 1.17. The SMILES string of the molecule is Cc1nc(-c2ccncc2)cc2nn(CC(=O)Nc3cc(F)ccc3F)c(=O)n12. The fourth-order valence-corrected chi connectivity index (χ4v) is 2.89. The van der Waals surface area contributed by atoms with Crippen molar-refractivity contribution >= 4 is 17.2 Å². The number of anilines is 1. The Bertz CT molecular complexity index is 1280. The highest BCUT2D eigenvalue weighted by molar-refractivity contribution is 5.90. The fourth-order valence-electron chi connectivity index (χ4n) is 2.89. The Morgan fingerprint density at radius 2 is 1.90 bits per heavy atom. The summed E-state index contributed by atoms with van der Waals surface area (Å²) in [4.78, 5) is 33.2. The Labute approximate surface area is 162 Å². The third-order valence-electron chi connectivity index (χ3n) is 4.21. The third kappa shape index (κ3) is 3.59. The summed E-state index contributed by atoms with van der Waals surface area (Å²) in [5.74, 6) is -1.82. The number of carbonyl (C=O) groups is 1. The van der Waals surface area contributed by atoms with Gasteiger partial charge < -0.3 is 5.32 Å². The zero-order valence-corrected chi connectivity index (χ0v) is 15.1. The van der Waals surface area contributed by atoms with Crippen molar-refractivity contribution in [3.05, 3.63) is 76.7 Å². The number of halogens is 2. The number of nitrogens with one attached hydrogen (secondary N) is 1. The van der Waals surface area contributed by atoms with Gasteiger partial charge in [0.05, 0.1) is 11.4 Å². The minimum atomic E-state index is -0.788. The average molecular weight is 396 g/mol. The van der Waals surface area contributed by atoms with Gasteiger partial charge in [-0.1, -0.05) is 0 Å². The number of amides is 1. The van der Waals surface area contributed by atoms with Gasteiger partial charge in [0, 0.05) is 30.1 Å². The van der Waals surface area contributed by atoms with Gasteiger partial charge in [0.25, 0.3) is 0 Å². The van der Waals surface area contributed by atoms with Crippen LogP contribution in [0.4, 0.5) is 14.5 Å². The maximum atomic E-state index is 13.7. The van der Waals surface area contributed by atoms with E-state index in [4.69, 9.17) is 0 Å². The van der Waals surface area contributed by atoms with Gasteiger partial charge in [-0.25, -0.2) is 27.6 Å². The Kier molecular flexibility index (Phi) is 4.59. The van der Waals surface area contributed by atoms with E-state index in [2.05, 4.69) is 20.4 Å². The molecule has 0 spiro atoms. The number of nitrogens with zero attached hydrogens (tertiary/aromatic N) is 5. The molecule has 146 valence electrons. The van der Waals surface area contributed by atoms with E-state index in [0.717, 1.165) is 28.4 Å². The van der Waals surface area contributed by atoms with Gasteiger partial charge in [-0.3, -0.25) is 9.78 Å². The van der Waals surface area contributed by atoms with E-state index in [1.54, 1.807) is 37.5 Å². The van der Waals surface area contributed by atoms with E-state index in [1.165, 1.54) is 4.40 Å². The van der Waals surface area contributed by atoms with Crippen LogP contribution in [0.1, 0.15) is 5.82 Å². The normalized spacial score (nSPS) is 11.0. The maximum Gasteiger partial charge on any atom is 0.352 e. The molecule has 0 aliphatic heterocycles. The summed E-state index contributed by atoms with van der Waals surface area (Å²) in [5, 5.41) is 6.40. The molecule has 0 aliphatic carbocycles. The highest BCUT2D eigenvalue weighted by Crippen LogP contribution is 2.18. The van der Waals surface area contributed by atoms with Crippen LogP contribution in [-0.4, -0.2) is 30.1 Å². The molecule has 0 fully saturated rings. The first-order valence-corrected chi connectivity index (χ1v) is 8.55.